The number of esters is 2. The maximum Gasteiger partial charge on any atom is 1.00 e. The zero-order chi connectivity index (χ0) is 39.1. The quantitative estimate of drug-likeness (QED) is 0.0503. The monoisotopic (exact) mass is 806 g/mol. The van der Waals surface area contributed by atoms with Crippen LogP contribution < -0.4 is 29.6 Å². The van der Waals surface area contributed by atoms with Crippen molar-refractivity contribution < 1.29 is 136 Å². The number of ether oxygens (including phenoxy) is 2. The Morgan fingerprint density at radius 1 is 0.580 bits per heavy atom. The van der Waals surface area contributed by atoms with E-state index in [2.05, 4.69) is 9.47 Å². The van der Waals surface area contributed by atoms with Crippen LogP contribution in [-0.4, -0.2) is 91.0 Å². The molecule has 50 heavy (non-hydrogen) atoms. The molecule has 0 aromatic carbocycles. The van der Waals surface area contributed by atoms with E-state index >= 15 is 0 Å². The summed E-state index contributed by atoms with van der Waals surface area (Å²) in [7, 11) is -5.98. The van der Waals surface area contributed by atoms with Crippen molar-refractivity contribution in [3.05, 3.63) is 0 Å². The van der Waals surface area contributed by atoms with E-state index in [1.807, 2.05) is 6.92 Å². The Labute approximate surface area is 295 Å². The Hall–Kier alpha value is -1.34. The second kappa shape index (κ2) is 18.1. The molecule has 0 aromatic heterocycles. The fourth-order valence-corrected chi connectivity index (χ4v) is 4.31. The van der Waals surface area contributed by atoms with E-state index in [0.29, 0.717) is 12.8 Å². The van der Waals surface area contributed by atoms with E-state index in [9.17, 15) is 97.2 Å². The first-order valence-corrected chi connectivity index (χ1v) is 15.2. The van der Waals surface area contributed by atoms with Gasteiger partial charge in [-0.15, -0.1) is 0 Å². The molecule has 0 bridgehead atoms. The first-order chi connectivity index (χ1) is 21.7. The molecule has 0 saturated heterocycles. The van der Waals surface area contributed by atoms with Crippen LogP contribution in [0.25, 0.3) is 0 Å². The van der Waals surface area contributed by atoms with Crippen LogP contribution in [-0.2, 0) is 29.2 Å². The minimum absolute atomic E-state index is 0. The van der Waals surface area contributed by atoms with Crippen molar-refractivity contribution in [2.75, 3.05) is 13.2 Å². The molecule has 0 rings (SSSR count). The van der Waals surface area contributed by atoms with Crippen LogP contribution in [0.15, 0.2) is 0 Å². The van der Waals surface area contributed by atoms with Gasteiger partial charge in [-0.2, -0.15) is 74.6 Å². The smallest absolute Gasteiger partial charge is 0.747 e. The molecule has 0 N–H and O–H groups in total. The standard InChI is InChI=1S/C24H29F17O7S.Na/c1-2-3-4-5-6-7-8-9-11-47-15(42)13-14(49(44,45)46)16(43)48-12-10-17(25,26)18(27,28)19(29,30)20(31,32)21(33,34)22(35,36)23(37,38)24(39,40)41;/h14H,2-13H2,1H3,(H,44,45,46);/q;+1/p-1. The number of alkyl halides is 17. The first-order valence-electron chi connectivity index (χ1n) is 13.7. The second-order valence-electron chi connectivity index (χ2n) is 10.4. The Bertz CT molecular complexity index is 1210. The van der Waals surface area contributed by atoms with Crippen LogP contribution in [0.1, 0.15) is 71.1 Å². The number of carbonyl (C=O) groups excluding carboxylic acids is 2. The van der Waals surface area contributed by atoms with Crippen molar-refractivity contribution in [3.63, 3.8) is 0 Å². The van der Waals surface area contributed by atoms with E-state index < -0.39 is 94.4 Å². The molecule has 0 aliphatic carbocycles. The van der Waals surface area contributed by atoms with Gasteiger partial charge in [0.05, 0.1) is 26.1 Å². The molecule has 0 aliphatic rings. The average molecular weight is 807 g/mol. The largest absolute Gasteiger partial charge is 1.00 e. The average Bonchev–Trinajstić information content (AvgIpc) is 2.92. The molecule has 0 heterocycles. The molecule has 292 valence electrons. The zero-order valence-electron chi connectivity index (χ0n) is 25.8. The molecular formula is C24H28F17NaO7S. The number of rotatable bonds is 22. The molecule has 0 fully saturated rings. The summed E-state index contributed by atoms with van der Waals surface area (Å²) < 4.78 is 269. The van der Waals surface area contributed by atoms with Gasteiger partial charge in [-0.3, -0.25) is 9.59 Å². The van der Waals surface area contributed by atoms with E-state index in [4.69, 9.17) is 0 Å². The van der Waals surface area contributed by atoms with Gasteiger partial charge in [0.15, 0.2) is 5.25 Å². The third-order valence-corrected chi connectivity index (χ3v) is 7.73. The number of hydrogen-bond donors (Lipinski definition) is 0. The van der Waals surface area contributed by atoms with Crippen molar-refractivity contribution in [2.45, 2.75) is 124 Å². The normalized spacial score (nSPS) is 14.9. The van der Waals surface area contributed by atoms with Gasteiger partial charge in [0.1, 0.15) is 10.1 Å². The van der Waals surface area contributed by atoms with Gasteiger partial charge in [0.25, 0.3) is 0 Å². The summed E-state index contributed by atoms with van der Waals surface area (Å²) in [5.74, 6) is -62.3. The van der Waals surface area contributed by atoms with Gasteiger partial charge in [-0.05, 0) is 6.42 Å². The van der Waals surface area contributed by atoms with Gasteiger partial charge in [0, 0.05) is 0 Å². The molecule has 26 heteroatoms. The molecule has 0 spiro atoms. The number of halogens is 17. The van der Waals surface area contributed by atoms with E-state index in [1.54, 1.807) is 0 Å². The summed E-state index contributed by atoms with van der Waals surface area (Å²) in [6.07, 6.45) is -6.67. The van der Waals surface area contributed by atoms with E-state index in [1.165, 1.54) is 0 Å². The molecule has 1 unspecified atom stereocenters. The first kappa shape index (κ1) is 50.8. The van der Waals surface area contributed by atoms with Gasteiger partial charge in [-0.1, -0.05) is 51.9 Å². The fraction of sp³-hybridized carbons (Fsp3) is 0.917. The Morgan fingerprint density at radius 3 is 1.36 bits per heavy atom. The summed E-state index contributed by atoms with van der Waals surface area (Å²) in [6, 6.07) is 0. The molecule has 7 nitrogen and oxygen atoms in total. The second-order valence-corrected chi connectivity index (χ2v) is 12.0. The fourth-order valence-electron chi connectivity index (χ4n) is 3.66. The van der Waals surface area contributed by atoms with Crippen molar-refractivity contribution >= 4 is 22.1 Å². The summed E-state index contributed by atoms with van der Waals surface area (Å²) in [4.78, 5) is 23.7. The predicted octanol–water partition coefficient (Wildman–Crippen LogP) is 4.92. The van der Waals surface area contributed by atoms with Gasteiger partial charge in [0.2, 0.25) is 0 Å². The number of unbranched alkanes of at least 4 members (excludes halogenated alkanes) is 7. The van der Waals surface area contributed by atoms with E-state index in [0.717, 1.165) is 32.1 Å². The minimum Gasteiger partial charge on any atom is -0.747 e. The Kier molecular flexibility index (Phi) is 18.4. The van der Waals surface area contributed by atoms with Crippen LogP contribution in [0.4, 0.5) is 74.6 Å². The van der Waals surface area contributed by atoms with E-state index in [-0.39, 0.29) is 42.6 Å². The van der Waals surface area contributed by atoms with Gasteiger partial charge < -0.3 is 14.0 Å². The summed E-state index contributed by atoms with van der Waals surface area (Å²) in [6.45, 7) is -0.874. The third-order valence-electron chi connectivity index (χ3n) is 6.67. The maximum absolute atomic E-state index is 14.0. The zero-order valence-corrected chi connectivity index (χ0v) is 28.6. The Morgan fingerprint density at radius 2 is 0.960 bits per heavy atom. The molecule has 0 aliphatic heterocycles. The van der Waals surface area contributed by atoms with Crippen LogP contribution in [0.5, 0.6) is 0 Å². The van der Waals surface area contributed by atoms with Crippen molar-refractivity contribution in [1.29, 1.82) is 0 Å². The summed E-state index contributed by atoms with van der Waals surface area (Å²) in [5, 5.41) is -3.17. The van der Waals surface area contributed by atoms with Crippen LogP contribution in [0.3, 0.4) is 0 Å². The van der Waals surface area contributed by atoms with Crippen molar-refractivity contribution in [3.8, 4) is 0 Å². The van der Waals surface area contributed by atoms with Gasteiger partial charge in [-0.25, -0.2) is 8.42 Å². The maximum atomic E-state index is 14.0. The minimum atomic E-state index is -8.83. The molecule has 0 aromatic rings. The summed E-state index contributed by atoms with van der Waals surface area (Å²) >= 11 is 0. The molecular weight excluding hydrogens is 778 g/mol. The number of hydrogen-bond acceptors (Lipinski definition) is 7. The molecule has 0 amide bonds. The molecule has 0 saturated carbocycles. The van der Waals surface area contributed by atoms with Crippen molar-refractivity contribution in [2.24, 2.45) is 0 Å². The predicted molar refractivity (Wildman–Crippen MR) is 128 cm³/mol. The van der Waals surface area contributed by atoms with Crippen LogP contribution in [0.2, 0.25) is 0 Å². The topological polar surface area (TPSA) is 110 Å². The van der Waals surface area contributed by atoms with Crippen molar-refractivity contribution in [1.82, 2.24) is 0 Å². The molecule has 0 radical (unpaired) electrons. The summed E-state index contributed by atoms with van der Waals surface area (Å²) in [5.41, 5.74) is 0. The van der Waals surface area contributed by atoms with Gasteiger partial charge >= 0.3 is 89.1 Å². The van der Waals surface area contributed by atoms with Crippen LogP contribution >= 0.6 is 0 Å². The number of carbonyl (C=O) groups is 2. The molecule has 1 atom stereocenters. The van der Waals surface area contributed by atoms with Crippen LogP contribution in [0, 0.1) is 0 Å². The Balaban J connectivity index is 0. The SMILES string of the molecule is CCCCCCCCCCOC(=O)CC(C(=O)OCCC(F)(F)C(F)(F)C(F)(F)C(F)(F)C(F)(F)C(F)(F)C(F)(F)C(F)(F)F)S(=O)(=O)[O-].[Na+]. The third kappa shape index (κ3) is 11.1.